The summed E-state index contributed by atoms with van der Waals surface area (Å²) in [5.74, 6) is 1.49. The summed E-state index contributed by atoms with van der Waals surface area (Å²) in [7, 11) is 3.99. The monoisotopic (exact) mass is 259 g/mol. The smallest absolute Gasteiger partial charge is 0.253 e. The fourth-order valence-electron chi connectivity index (χ4n) is 3.12. The minimum atomic E-state index is 0.179. The van der Waals surface area contributed by atoms with Crippen molar-refractivity contribution < 1.29 is 4.79 Å². The number of carbonyl (C=O) groups excluding carboxylic acids is 1. The lowest BCUT2D eigenvalue weighted by Gasteiger charge is -2.19. The highest BCUT2D eigenvalue weighted by atomic mass is 16.2. The van der Waals surface area contributed by atoms with E-state index < -0.39 is 0 Å². The maximum atomic E-state index is 12.5. The van der Waals surface area contributed by atoms with E-state index in [2.05, 4.69) is 5.32 Å². The molecular formula is C15H21N3O. The average Bonchev–Trinajstić information content (AvgIpc) is 2.98. The van der Waals surface area contributed by atoms with Crippen LogP contribution in [-0.2, 0) is 0 Å². The molecule has 0 aliphatic carbocycles. The van der Waals surface area contributed by atoms with Crippen molar-refractivity contribution in [1.29, 1.82) is 0 Å². The summed E-state index contributed by atoms with van der Waals surface area (Å²) < 4.78 is 0. The van der Waals surface area contributed by atoms with Gasteiger partial charge in [0.15, 0.2) is 0 Å². The Kier molecular flexibility index (Phi) is 3.19. The molecule has 1 N–H and O–H groups in total. The van der Waals surface area contributed by atoms with Crippen LogP contribution < -0.4 is 10.2 Å². The standard InChI is InChI=1S/C15H21N3O/c1-17(2)14-5-3-4-11(6-14)15(19)18-9-12-7-16-8-13(12)10-18/h3-6,12-13,16H,7-10H2,1-2H3. The summed E-state index contributed by atoms with van der Waals surface area (Å²) in [6.07, 6.45) is 0. The van der Waals surface area contributed by atoms with Gasteiger partial charge in [0.2, 0.25) is 0 Å². The maximum Gasteiger partial charge on any atom is 0.253 e. The van der Waals surface area contributed by atoms with Gasteiger partial charge in [0.1, 0.15) is 0 Å². The molecule has 0 spiro atoms. The van der Waals surface area contributed by atoms with Crippen LogP contribution in [0.2, 0.25) is 0 Å². The van der Waals surface area contributed by atoms with E-state index in [9.17, 15) is 4.79 Å². The van der Waals surface area contributed by atoms with Crippen molar-refractivity contribution >= 4 is 11.6 Å². The number of carbonyl (C=O) groups is 1. The Labute approximate surface area is 114 Å². The molecule has 0 bridgehead atoms. The SMILES string of the molecule is CN(C)c1cccc(C(=O)N2CC3CNCC3C2)c1. The van der Waals surface area contributed by atoms with Gasteiger partial charge < -0.3 is 15.1 Å². The zero-order chi connectivity index (χ0) is 13.4. The molecule has 2 saturated heterocycles. The van der Waals surface area contributed by atoms with Crippen molar-refractivity contribution in [2.45, 2.75) is 0 Å². The maximum absolute atomic E-state index is 12.5. The Balaban J connectivity index is 1.75. The summed E-state index contributed by atoms with van der Waals surface area (Å²) in [4.78, 5) is 16.6. The van der Waals surface area contributed by atoms with E-state index >= 15 is 0 Å². The Morgan fingerprint density at radius 3 is 2.58 bits per heavy atom. The van der Waals surface area contributed by atoms with Gasteiger partial charge in [-0.2, -0.15) is 0 Å². The van der Waals surface area contributed by atoms with Crippen LogP contribution >= 0.6 is 0 Å². The largest absolute Gasteiger partial charge is 0.378 e. The third-order valence-corrected chi connectivity index (χ3v) is 4.29. The second-order valence-corrected chi connectivity index (χ2v) is 5.83. The number of hydrogen-bond acceptors (Lipinski definition) is 3. The molecule has 2 unspecified atom stereocenters. The molecule has 2 heterocycles. The number of rotatable bonds is 2. The van der Waals surface area contributed by atoms with Gasteiger partial charge in [0.25, 0.3) is 5.91 Å². The lowest BCUT2D eigenvalue weighted by molar-refractivity contribution is 0.0782. The van der Waals surface area contributed by atoms with Gasteiger partial charge in [0.05, 0.1) is 0 Å². The number of hydrogen-bond donors (Lipinski definition) is 1. The highest BCUT2D eigenvalue weighted by molar-refractivity contribution is 5.95. The van der Waals surface area contributed by atoms with Crippen molar-refractivity contribution in [3.63, 3.8) is 0 Å². The average molecular weight is 259 g/mol. The Hall–Kier alpha value is -1.55. The minimum Gasteiger partial charge on any atom is -0.378 e. The van der Waals surface area contributed by atoms with Crippen LogP contribution in [0.15, 0.2) is 24.3 Å². The molecule has 2 aliphatic rings. The van der Waals surface area contributed by atoms with E-state index in [0.29, 0.717) is 11.8 Å². The van der Waals surface area contributed by atoms with E-state index in [1.54, 1.807) is 0 Å². The normalized spacial score (nSPS) is 25.5. The van der Waals surface area contributed by atoms with Gasteiger partial charge in [-0.05, 0) is 30.0 Å². The molecule has 2 atom stereocenters. The molecule has 4 heteroatoms. The first-order valence-corrected chi connectivity index (χ1v) is 6.92. The van der Waals surface area contributed by atoms with Crippen molar-refractivity contribution in [2.24, 2.45) is 11.8 Å². The van der Waals surface area contributed by atoms with Gasteiger partial charge in [-0.25, -0.2) is 0 Å². The van der Waals surface area contributed by atoms with Crippen LogP contribution in [0.1, 0.15) is 10.4 Å². The van der Waals surface area contributed by atoms with E-state index in [1.807, 2.05) is 48.2 Å². The first-order chi connectivity index (χ1) is 9.15. The molecule has 0 saturated carbocycles. The van der Waals surface area contributed by atoms with Crippen molar-refractivity contribution in [3.8, 4) is 0 Å². The molecule has 4 nitrogen and oxygen atoms in total. The van der Waals surface area contributed by atoms with E-state index in [-0.39, 0.29) is 5.91 Å². The second kappa shape index (κ2) is 4.85. The number of benzene rings is 1. The summed E-state index contributed by atoms with van der Waals surface area (Å²) in [6, 6.07) is 7.89. The number of anilines is 1. The van der Waals surface area contributed by atoms with Gasteiger partial charge in [-0.15, -0.1) is 0 Å². The molecule has 19 heavy (non-hydrogen) atoms. The first kappa shape index (κ1) is 12.5. The van der Waals surface area contributed by atoms with Crippen LogP contribution in [-0.4, -0.2) is 51.1 Å². The van der Waals surface area contributed by atoms with Gasteiger partial charge in [-0.3, -0.25) is 4.79 Å². The molecule has 0 aromatic heterocycles. The molecule has 1 amide bonds. The predicted molar refractivity (Wildman–Crippen MR) is 76.5 cm³/mol. The van der Waals surface area contributed by atoms with Gasteiger partial charge in [0, 0.05) is 51.5 Å². The van der Waals surface area contributed by atoms with E-state index in [4.69, 9.17) is 0 Å². The number of likely N-dealkylation sites (tertiary alicyclic amines) is 1. The lowest BCUT2D eigenvalue weighted by atomic mass is 10.0. The third kappa shape index (κ3) is 2.32. The van der Waals surface area contributed by atoms with Crippen LogP contribution in [0.3, 0.4) is 0 Å². The van der Waals surface area contributed by atoms with Crippen LogP contribution in [0.5, 0.6) is 0 Å². The Bertz CT molecular complexity index is 474. The predicted octanol–water partition coefficient (Wildman–Crippen LogP) is 1.04. The molecule has 0 radical (unpaired) electrons. The molecular weight excluding hydrogens is 238 g/mol. The highest BCUT2D eigenvalue weighted by Crippen LogP contribution is 2.27. The van der Waals surface area contributed by atoms with Gasteiger partial charge in [-0.1, -0.05) is 6.07 Å². The first-order valence-electron chi connectivity index (χ1n) is 6.92. The summed E-state index contributed by atoms with van der Waals surface area (Å²) >= 11 is 0. The van der Waals surface area contributed by atoms with Crippen LogP contribution in [0, 0.1) is 11.8 Å². The van der Waals surface area contributed by atoms with Crippen molar-refractivity contribution in [3.05, 3.63) is 29.8 Å². The van der Waals surface area contributed by atoms with E-state index in [1.165, 1.54) is 0 Å². The zero-order valence-electron chi connectivity index (χ0n) is 11.6. The van der Waals surface area contributed by atoms with Crippen molar-refractivity contribution in [1.82, 2.24) is 10.2 Å². The number of nitrogens with zero attached hydrogens (tertiary/aromatic N) is 2. The summed E-state index contributed by atoms with van der Waals surface area (Å²) in [5.41, 5.74) is 1.88. The van der Waals surface area contributed by atoms with Gasteiger partial charge >= 0.3 is 0 Å². The third-order valence-electron chi connectivity index (χ3n) is 4.29. The fraction of sp³-hybridized carbons (Fsp3) is 0.533. The topological polar surface area (TPSA) is 35.6 Å². The minimum absolute atomic E-state index is 0.179. The molecule has 1 aromatic carbocycles. The zero-order valence-corrected chi connectivity index (χ0v) is 11.6. The number of fused-ring (bicyclic) bond motifs is 1. The molecule has 3 rings (SSSR count). The van der Waals surface area contributed by atoms with Crippen molar-refractivity contribution in [2.75, 3.05) is 45.2 Å². The van der Waals surface area contributed by atoms with Crippen LogP contribution in [0.4, 0.5) is 5.69 Å². The fourth-order valence-corrected chi connectivity index (χ4v) is 3.12. The lowest BCUT2D eigenvalue weighted by Crippen LogP contribution is -2.31. The number of amides is 1. The highest BCUT2D eigenvalue weighted by Gasteiger charge is 2.38. The summed E-state index contributed by atoms with van der Waals surface area (Å²) in [5, 5.41) is 3.40. The Morgan fingerprint density at radius 1 is 1.26 bits per heavy atom. The van der Waals surface area contributed by atoms with Crippen LogP contribution in [0.25, 0.3) is 0 Å². The molecule has 102 valence electrons. The Morgan fingerprint density at radius 2 is 1.95 bits per heavy atom. The molecule has 1 aromatic rings. The van der Waals surface area contributed by atoms with E-state index in [0.717, 1.165) is 37.4 Å². The molecule has 2 aliphatic heterocycles. The number of nitrogens with one attached hydrogen (secondary N) is 1. The second-order valence-electron chi connectivity index (χ2n) is 5.83. The molecule has 2 fully saturated rings. The summed E-state index contributed by atoms with van der Waals surface area (Å²) in [6.45, 7) is 3.93. The quantitative estimate of drug-likeness (QED) is 0.862.